The molecule has 2 aromatic rings. The number of benzene rings is 2. The van der Waals surface area contributed by atoms with E-state index >= 15 is 0 Å². The molecule has 2 aromatic carbocycles. The minimum absolute atomic E-state index is 0.152. The Hall–Kier alpha value is -1.44. The summed E-state index contributed by atoms with van der Waals surface area (Å²) in [7, 11) is -3.89. The minimum atomic E-state index is -3.89. The lowest BCUT2D eigenvalue weighted by molar-refractivity contribution is 0.477. The average Bonchev–Trinajstić information content (AvgIpc) is 2.26. The Labute approximate surface area is 117 Å². The highest BCUT2D eigenvalue weighted by molar-refractivity contribution is 9.10. The molecular formula is C12H9BrFNO3S. The topological polar surface area (TPSA) is 80.4 Å². The highest BCUT2D eigenvalue weighted by Crippen LogP contribution is 2.33. The van der Waals surface area contributed by atoms with Gasteiger partial charge in [0.2, 0.25) is 10.0 Å². The van der Waals surface area contributed by atoms with Crippen LogP contribution in [0.1, 0.15) is 0 Å². The first kappa shape index (κ1) is 14.0. The summed E-state index contributed by atoms with van der Waals surface area (Å²) in [6.45, 7) is 0. The molecule has 0 fully saturated rings. The van der Waals surface area contributed by atoms with E-state index in [1.165, 1.54) is 30.3 Å². The van der Waals surface area contributed by atoms with E-state index in [4.69, 9.17) is 5.14 Å². The van der Waals surface area contributed by atoms with Gasteiger partial charge in [0, 0.05) is 10.0 Å². The maximum absolute atomic E-state index is 13.3. The van der Waals surface area contributed by atoms with Crippen molar-refractivity contribution in [3.63, 3.8) is 0 Å². The van der Waals surface area contributed by atoms with Crippen LogP contribution in [-0.2, 0) is 10.0 Å². The molecule has 2 rings (SSSR count). The molecule has 0 atom stereocenters. The standard InChI is InChI=1S/C12H9BrFNO3S/c13-8-3-7(4-9(14)5-8)11-6-10(19(15,17)18)1-2-12(11)16/h1-6,16H,(H2,15,17,18). The third-order valence-electron chi connectivity index (χ3n) is 2.47. The maximum atomic E-state index is 13.3. The molecule has 7 heteroatoms. The quantitative estimate of drug-likeness (QED) is 0.877. The third-order valence-corrected chi connectivity index (χ3v) is 3.84. The van der Waals surface area contributed by atoms with Gasteiger partial charge in [-0.05, 0) is 42.0 Å². The number of halogens is 2. The smallest absolute Gasteiger partial charge is 0.238 e. The average molecular weight is 346 g/mol. The van der Waals surface area contributed by atoms with Crippen LogP contribution in [0.4, 0.5) is 4.39 Å². The van der Waals surface area contributed by atoms with Crippen LogP contribution < -0.4 is 5.14 Å². The molecule has 0 amide bonds. The van der Waals surface area contributed by atoms with E-state index in [1.807, 2.05) is 0 Å². The van der Waals surface area contributed by atoms with Crippen LogP contribution in [0, 0.1) is 5.82 Å². The van der Waals surface area contributed by atoms with Crippen LogP contribution in [0.25, 0.3) is 11.1 Å². The van der Waals surface area contributed by atoms with E-state index in [2.05, 4.69) is 15.9 Å². The van der Waals surface area contributed by atoms with Crippen LogP contribution in [0.3, 0.4) is 0 Å². The van der Waals surface area contributed by atoms with Gasteiger partial charge in [-0.25, -0.2) is 17.9 Å². The minimum Gasteiger partial charge on any atom is -0.507 e. The van der Waals surface area contributed by atoms with Gasteiger partial charge < -0.3 is 5.11 Å². The molecular weight excluding hydrogens is 337 g/mol. The third kappa shape index (κ3) is 3.12. The number of nitrogens with two attached hydrogens (primary N) is 1. The molecule has 0 aliphatic rings. The molecule has 0 unspecified atom stereocenters. The zero-order valence-electron chi connectivity index (χ0n) is 9.47. The number of rotatable bonds is 2. The normalized spacial score (nSPS) is 11.5. The number of phenols is 1. The van der Waals surface area contributed by atoms with Crippen molar-refractivity contribution in [3.05, 3.63) is 46.7 Å². The molecule has 0 heterocycles. The fourth-order valence-corrected chi connectivity index (χ4v) is 2.64. The van der Waals surface area contributed by atoms with Gasteiger partial charge in [-0.2, -0.15) is 0 Å². The van der Waals surface area contributed by atoms with Gasteiger partial charge >= 0.3 is 0 Å². The Morgan fingerprint density at radius 2 is 1.84 bits per heavy atom. The predicted molar refractivity (Wildman–Crippen MR) is 72.6 cm³/mol. The predicted octanol–water partition coefficient (Wildman–Crippen LogP) is 2.61. The van der Waals surface area contributed by atoms with E-state index < -0.39 is 15.8 Å². The first-order valence-electron chi connectivity index (χ1n) is 5.09. The molecule has 19 heavy (non-hydrogen) atoms. The molecule has 0 saturated carbocycles. The zero-order valence-corrected chi connectivity index (χ0v) is 11.9. The molecule has 0 spiro atoms. The summed E-state index contributed by atoms with van der Waals surface area (Å²) in [5, 5.41) is 14.8. The lowest BCUT2D eigenvalue weighted by atomic mass is 10.0. The highest BCUT2D eigenvalue weighted by Gasteiger charge is 2.13. The van der Waals surface area contributed by atoms with Gasteiger partial charge in [-0.15, -0.1) is 0 Å². The van der Waals surface area contributed by atoms with E-state index in [-0.39, 0.29) is 16.2 Å². The molecule has 0 saturated heterocycles. The Balaban J connectivity index is 2.68. The Morgan fingerprint density at radius 1 is 1.16 bits per heavy atom. The molecule has 0 aromatic heterocycles. The lowest BCUT2D eigenvalue weighted by Gasteiger charge is -2.08. The summed E-state index contributed by atoms with van der Waals surface area (Å²) in [4.78, 5) is -0.152. The van der Waals surface area contributed by atoms with E-state index in [9.17, 15) is 17.9 Å². The molecule has 3 N–H and O–H groups in total. The van der Waals surface area contributed by atoms with Crippen molar-refractivity contribution in [2.75, 3.05) is 0 Å². The van der Waals surface area contributed by atoms with Crippen LogP contribution in [-0.4, -0.2) is 13.5 Å². The van der Waals surface area contributed by atoms with Crippen molar-refractivity contribution < 1.29 is 17.9 Å². The van der Waals surface area contributed by atoms with Gasteiger partial charge in [0.05, 0.1) is 4.90 Å². The summed E-state index contributed by atoms with van der Waals surface area (Å²) < 4.78 is 36.3. The number of hydrogen-bond donors (Lipinski definition) is 2. The Morgan fingerprint density at radius 3 is 2.42 bits per heavy atom. The lowest BCUT2D eigenvalue weighted by Crippen LogP contribution is -2.12. The van der Waals surface area contributed by atoms with Gasteiger partial charge in [0.15, 0.2) is 0 Å². The van der Waals surface area contributed by atoms with E-state index in [0.29, 0.717) is 10.0 Å². The van der Waals surface area contributed by atoms with Crippen molar-refractivity contribution in [2.24, 2.45) is 5.14 Å². The number of primary sulfonamides is 1. The van der Waals surface area contributed by atoms with Crippen molar-refractivity contribution in [2.45, 2.75) is 4.90 Å². The van der Waals surface area contributed by atoms with E-state index in [1.54, 1.807) is 6.07 Å². The second kappa shape index (κ2) is 4.92. The fourth-order valence-electron chi connectivity index (χ4n) is 1.63. The summed E-state index contributed by atoms with van der Waals surface area (Å²) in [6, 6.07) is 7.59. The van der Waals surface area contributed by atoms with Gasteiger partial charge in [-0.3, -0.25) is 0 Å². The Kier molecular flexibility index (Phi) is 3.62. The summed E-state index contributed by atoms with van der Waals surface area (Å²) in [5.41, 5.74) is 0.529. The van der Waals surface area contributed by atoms with Crippen molar-refractivity contribution in [1.82, 2.24) is 0 Å². The van der Waals surface area contributed by atoms with Crippen LogP contribution in [0.15, 0.2) is 45.8 Å². The van der Waals surface area contributed by atoms with Crippen molar-refractivity contribution >= 4 is 26.0 Å². The number of aromatic hydroxyl groups is 1. The second-order valence-electron chi connectivity index (χ2n) is 3.88. The number of hydrogen-bond acceptors (Lipinski definition) is 3. The van der Waals surface area contributed by atoms with Gasteiger partial charge in [0.1, 0.15) is 11.6 Å². The molecule has 0 aliphatic heterocycles. The van der Waals surface area contributed by atoms with Crippen molar-refractivity contribution in [1.29, 1.82) is 0 Å². The van der Waals surface area contributed by atoms with Gasteiger partial charge in [0.25, 0.3) is 0 Å². The molecule has 0 aliphatic carbocycles. The second-order valence-corrected chi connectivity index (χ2v) is 6.36. The maximum Gasteiger partial charge on any atom is 0.238 e. The van der Waals surface area contributed by atoms with Gasteiger partial charge in [-0.1, -0.05) is 15.9 Å². The number of phenolic OH excluding ortho intramolecular Hbond substituents is 1. The molecule has 4 nitrogen and oxygen atoms in total. The van der Waals surface area contributed by atoms with Crippen LogP contribution >= 0.6 is 15.9 Å². The summed E-state index contributed by atoms with van der Waals surface area (Å²) >= 11 is 3.13. The largest absolute Gasteiger partial charge is 0.507 e. The molecule has 100 valence electrons. The number of sulfonamides is 1. The van der Waals surface area contributed by atoms with E-state index in [0.717, 1.165) is 0 Å². The van der Waals surface area contributed by atoms with Crippen LogP contribution in [0.2, 0.25) is 0 Å². The first-order chi connectivity index (χ1) is 8.77. The highest BCUT2D eigenvalue weighted by atomic mass is 79.9. The van der Waals surface area contributed by atoms with Crippen LogP contribution in [0.5, 0.6) is 5.75 Å². The summed E-state index contributed by atoms with van der Waals surface area (Å²) in [5.74, 6) is -0.672. The fraction of sp³-hybridized carbons (Fsp3) is 0. The first-order valence-corrected chi connectivity index (χ1v) is 7.43. The molecule has 0 bridgehead atoms. The molecule has 0 radical (unpaired) electrons. The Bertz CT molecular complexity index is 726. The SMILES string of the molecule is NS(=O)(=O)c1ccc(O)c(-c2cc(F)cc(Br)c2)c1. The zero-order chi connectivity index (χ0) is 14.2. The monoisotopic (exact) mass is 345 g/mol. The summed E-state index contributed by atoms with van der Waals surface area (Å²) in [6.07, 6.45) is 0. The van der Waals surface area contributed by atoms with Crippen molar-refractivity contribution in [3.8, 4) is 16.9 Å².